The van der Waals surface area contributed by atoms with E-state index in [1.807, 2.05) is 0 Å². The van der Waals surface area contributed by atoms with Crippen LogP contribution in [0.4, 0.5) is 0 Å². The van der Waals surface area contributed by atoms with Crippen molar-refractivity contribution in [2.45, 2.75) is 32.3 Å². The normalized spacial score (nSPS) is 39.5. The van der Waals surface area contributed by atoms with Gasteiger partial charge in [0.05, 0.1) is 10.8 Å². The first kappa shape index (κ1) is 11.8. The Morgan fingerprint density at radius 3 is 1.25 bits per heavy atom. The Labute approximate surface area is 101 Å². The van der Waals surface area contributed by atoms with Gasteiger partial charge in [0.2, 0.25) is 0 Å². The maximum atomic E-state index is 5.88. The fraction of sp³-hybridized carbons (Fsp3) is 1.00. The molecule has 6 heteroatoms. The summed E-state index contributed by atoms with van der Waals surface area (Å²) in [6, 6.07) is 0. The lowest BCUT2D eigenvalue weighted by Gasteiger charge is -2.41. The smallest absolute Gasteiger partial charge is 0.121 e. The lowest BCUT2D eigenvalue weighted by atomic mass is 9.97. The zero-order valence-electron chi connectivity index (χ0n) is 5.84. The third kappa shape index (κ3) is 2.21. The maximum Gasteiger partial charge on any atom is 0.152 e. The summed E-state index contributed by atoms with van der Waals surface area (Å²) in [5.41, 5.74) is 0. The van der Waals surface area contributed by atoms with Gasteiger partial charge in [0, 0.05) is 12.8 Å². The number of alkyl halides is 6. The standard InChI is InChI=1S/C6H6Cl6/c7-3-1-5(9,10)6(11,12)2-4(3)8/h3-4H,1-2H2. The molecule has 1 saturated carbocycles. The quantitative estimate of drug-likeness (QED) is 0.582. The van der Waals surface area contributed by atoms with Gasteiger partial charge in [-0.25, -0.2) is 0 Å². The Hall–Kier alpha value is 1.74. The van der Waals surface area contributed by atoms with Crippen molar-refractivity contribution < 1.29 is 0 Å². The molecule has 1 fully saturated rings. The van der Waals surface area contributed by atoms with Crippen molar-refractivity contribution in [1.82, 2.24) is 0 Å². The molecule has 0 nitrogen and oxygen atoms in total. The highest BCUT2D eigenvalue weighted by atomic mass is 35.5. The summed E-state index contributed by atoms with van der Waals surface area (Å²) < 4.78 is -2.43. The van der Waals surface area contributed by atoms with Crippen LogP contribution in [0.3, 0.4) is 0 Å². The summed E-state index contributed by atoms with van der Waals surface area (Å²) in [7, 11) is 0. The molecule has 0 radical (unpaired) electrons. The summed E-state index contributed by atoms with van der Waals surface area (Å²) in [5.74, 6) is 0. The molecule has 1 aliphatic carbocycles. The van der Waals surface area contributed by atoms with Crippen molar-refractivity contribution in [3.63, 3.8) is 0 Å². The Balaban J connectivity index is 2.80. The first-order valence-corrected chi connectivity index (χ1v) is 5.68. The molecule has 0 aliphatic heterocycles. The van der Waals surface area contributed by atoms with Crippen molar-refractivity contribution >= 4 is 69.6 Å². The van der Waals surface area contributed by atoms with Crippen LogP contribution in [0.15, 0.2) is 0 Å². The van der Waals surface area contributed by atoms with Crippen molar-refractivity contribution in [3.05, 3.63) is 0 Å². The van der Waals surface area contributed by atoms with E-state index in [1.54, 1.807) is 0 Å². The third-order valence-electron chi connectivity index (χ3n) is 1.83. The van der Waals surface area contributed by atoms with E-state index in [0.717, 1.165) is 0 Å². The molecule has 0 aromatic heterocycles. The second-order valence-corrected chi connectivity index (χ2v) is 6.94. The van der Waals surface area contributed by atoms with Gasteiger partial charge in [-0.05, 0) is 0 Å². The minimum absolute atomic E-state index is 0.285. The van der Waals surface area contributed by atoms with E-state index in [-0.39, 0.29) is 10.8 Å². The van der Waals surface area contributed by atoms with Crippen molar-refractivity contribution in [2.75, 3.05) is 0 Å². The average molecular weight is 291 g/mol. The van der Waals surface area contributed by atoms with Crippen LogP contribution in [-0.2, 0) is 0 Å². The molecule has 1 aliphatic rings. The van der Waals surface area contributed by atoms with Crippen LogP contribution in [0.25, 0.3) is 0 Å². The van der Waals surface area contributed by atoms with E-state index in [4.69, 9.17) is 69.6 Å². The molecule has 0 aromatic carbocycles. The average Bonchev–Trinajstić information content (AvgIpc) is 1.82. The minimum Gasteiger partial charge on any atom is -0.121 e. The molecule has 0 saturated heterocycles. The highest BCUT2D eigenvalue weighted by Gasteiger charge is 2.54. The topological polar surface area (TPSA) is 0 Å². The van der Waals surface area contributed by atoms with Crippen LogP contribution in [0, 0.1) is 0 Å². The summed E-state index contributed by atoms with van der Waals surface area (Å²) in [4.78, 5) is 0. The Morgan fingerprint density at radius 1 is 0.750 bits per heavy atom. The molecule has 1 rings (SSSR count). The Kier molecular flexibility index (Phi) is 3.66. The van der Waals surface area contributed by atoms with E-state index in [1.165, 1.54) is 0 Å². The number of hydrogen-bond acceptors (Lipinski definition) is 0. The lowest BCUT2D eigenvalue weighted by Crippen LogP contribution is -2.47. The van der Waals surface area contributed by atoms with Crippen LogP contribution in [0.5, 0.6) is 0 Å². The van der Waals surface area contributed by atoms with E-state index < -0.39 is 8.67 Å². The molecule has 72 valence electrons. The van der Waals surface area contributed by atoms with Gasteiger partial charge in [-0.3, -0.25) is 0 Å². The van der Waals surface area contributed by atoms with Crippen molar-refractivity contribution in [3.8, 4) is 0 Å². The van der Waals surface area contributed by atoms with Crippen LogP contribution in [-0.4, -0.2) is 19.4 Å². The molecule has 12 heavy (non-hydrogen) atoms. The monoisotopic (exact) mass is 288 g/mol. The first-order valence-electron chi connectivity index (χ1n) is 3.30. The highest BCUT2D eigenvalue weighted by molar-refractivity contribution is 6.63. The maximum absolute atomic E-state index is 5.88. The van der Waals surface area contributed by atoms with Gasteiger partial charge in [0.15, 0.2) is 8.67 Å². The summed E-state index contributed by atoms with van der Waals surface area (Å²) in [6.07, 6.45) is 0.581. The summed E-state index contributed by atoms with van der Waals surface area (Å²) >= 11 is 35.3. The highest BCUT2D eigenvalue weighted by Crippen LogP contribution is 2.54. The molecule has 2 atom stereocenters. The van der Waals surface area contributed by atoms with Gasteiger partial charge in [0.25, 0.3) is 0 Å². The molecule has 0 amide bonds. The van der Waals surface area contributed by atoms with Crippen molar-refractivity contribution in [2.24, 2.45) is 0 Å². The molecule has 0 heterocycles. The van der Waals surface area contributed by atoms with Gasteiger partial charge < -0.3 is 0 Å². The fourth-order valence-electron chi connectivity index (χ4n) is 1.04. The minimum atomic E-state index is -1.21. The summed E-state index contributed by atoms with van der Waals surface area (Å²) in [5, 5.41) is -0.570. The molecule has 0 aromatic rings. The van der Waals surface area contributed by atoms with Gasteiger partial charge >= 0.3 is 0 Å². The summed E-state index contributed by atoms with van der Waals surface area (Å²) in [6.45, 7) is 0. The van der Waals surface area contributed by atoms with Crippen LogP contribution < -0.4 is 0 Å². The SMILES string of the molecule is ClC1CC(Cl)(Cl)C(Cl)(Cl)CC1Cl. The van der Waals surface area contributed by atoms with E-state index in [9.17, 15) is 0 Å². The van der Waals surface area contributed by atoms with Crippen LogP contribution in [0.1, 0.15) is 12.8 Å². The number of halogens is 6. The third-order valence-corrected chi connectivity index (χ3v) is 5.17. The largest absolute Gasteiger partial charge is 0.152 e. The fourth-order valence-corrected chi connectivity index (χ4v) is 2.97. The Morgan fingerprint density at radius 2 is 1.00 bits per heavy atom. The molecular formula is C6H6Cl6. The molecule has 0 N–H and O–H groups in total. The van der Waals surface area contributed by atoms with Gasteiger partial charge in [-0.1, -0.05) is 46.4 Å². The Bertz CT molecular complexity index is 157. The number of rotatable bonds is 0. The molecule has 0 spiro atoms. The van der Waals surface area contributed by atoms with Crippen LogP contribution in [0.2, 0.25) is 0 Å². The second kappa shape index (κ2) is 3.72. The lowest BCUT2D eigenvalue weighted by molar-refractivity contribution is 0.465. The molecule has 2 unspecified atom stereocenters. The second-order valence-electron chi connectivity index (χ2n) is 2.85. The first-order chi connectivity index (χ1) is 5.26. The zero-order valence-corrected chi connectivity index (χ0v) is 10.4. The van der Waals surface area contributed by atoms with Crippen molar-refractivity contribution in [1.29, 1.82) is 0 Å². The molecule has 0 bridgehead atoms. The van der Waals surface area contributed by atoms with Crippen LogP contribution >= 0.6 is 69.6 Å². The van der Waals surface area contributed by atoms with Gasteiger partial charge in [0.1, 0.15) is 0 Å². The predicted octanol–water partition coefficient (Wildman–Crippen LogP) is 4.34. The zero-order chi connectivity index (χ0) is 9.57. The van der Waals surface area contributed by atoms with Gasteiger partial charge in [-0.15, -0.1) is 23.2 Å². The van der Waals surface area contributed by atoms with E-state index in [2.05, 4.69) is 0 Å². The van der Waals surface area contributed by atoms with Gasteiger partial charge in [-0.2, -0.15) is 0 Å². The molecular weight excluding hydrogens is 285 g/mol. The van der Waals surface area contributed by atoms with E-state index >= 15 is 0 Å². The number of hydrogen-bond donors (Lipinski definition) is 0. The van der Waals surface area contributed by atoms with E-state index in [0.29, 0.717) is 12.8 Å². The predicted molar refractivity (Wildman–Crippen MR) is 57.4 cm³/mol.